The normalized spacial score (nSPS) is 14.5. The summed E-state index contributed by atoms with van der Waals surface area (Å²) in [6.45, 7) is 8.69. The first-order valence-corrected chi connectivity index (χ1v) is 10.9. The lowest BCUT2D eigenvalue weighted by molar-refractivity contribution is 0.0383. The van der Waals surface area contributed by atoms with Crippen molar-refractivity contribution in [1.29, 1.82) is 0 Å². The minimum absolute atomic E-state index is 0.153. The van der Waals surface area contributed by atoms with Crippen LogP contribution >= 0.6 is 11.6 Å². The fourth-order valence-electron chi connectivity index (χ4n) is 3.72. The Hall–Kier alpha value is -2.67. The first kappa shape index (κ1) is 21.6. The van der Waals surface area contributed by atoms with Gasteiger partial charge in [0.15, 0.2) is 0 Å². The lowest BCUT2D eigenvalue weighted by atomic mass is 10.1. The Morgan fingerprint density at radius 3 is 2.68 bits per heavy atom. The van der Waals surface area contributed by atoms with Gasteiger partial charge in [0.05, 0.1) is 29.6 Å². The molecule has 1 N–H and O–H groups in total. The molecule has 31 heavy (non-hydrogen) atoms. The van der Waals surface area contributed by atoms with Crippen LogP contribution in [-0.4, -0.2) is 60.0 Å². The number of hydrogen-bond donors (Lipinski definition) is 1. The number of nitrogens with one attached hydrogen (secondary N) is 1. The highest BCUT2D eigenvalue weighted by Gasteiger charge is 2.20. The van der Waals surface area contributed by atoms with Crippen LogP contribution < -0.4 is 5.32 Å². The van der Waals surface area contributed by atoms with E-state index in [0.717, 1.165) is 55.2 Å². The molecule has 3 aromatic rings. The number of carbonyl (C=O) groups excluding carboxylic acids is 1. The third kappa shape index (κ3) is 4.98. The molecule has 1 amide bonds. The number of carbonyl (C=O) groups is 1. The van der Waals surface area contributed by atoms with Crippen LogP contribution in [0.3, 0.4) is 0 Å². The second-order valence-electron chi connectivity index (χ2n) is 7.81. The second kappa shape index (κ2) is 9.64. The molecule has 4 rings (SSSR count). The van der Waals surface area contributed by atoms with E-state index in [2.05, 4.69) is 16.3 Å². The molecule has 1 aromatic heterocycles. The minimum Gasteiger partial charge on any atom is -0.379 e. The Morgan fingerprint density at radius 2 is 1.90 bits per heavy atom. The molecule has 0 aliphatic carbocycles. The number of nitrogens with zero attached hydrogens (tertiary/aromatic N) is 3. The van der Waals surface area contributed by atoms with Crippen LogP contribution in [0.25, 0.3) is 16.9 Å². The highest BCUT2D eigenvalue weighted by atomic mass is 35.5. The van der Waals surface area contributed by atoms with Crippen molar-refractivity contribution in [2.75, 3.05) is 39.4 Å². The van der Waals surface area contributed by atoms with E-state index in [1.807, 2.05) is 56.3 Å². The molecule has 1 aliphatic heterocycles. The molecule has 1 fully saturated rings. The molecule has 1 aliphatic rings. The van der Waals surface area contributed by atoms with E-state index < -0.39 is 0 Å². The number of amides is 1. The third-order valence-corrected chi connectivity index (χ3v) is 5.83. The van der Waals surface area contributed by atoms with Gasteiger partial charge in [-0.05, 0) is 43.2 Å². The van der Waals surface area contributed by atoms with Crippen molar-refractivity contribution in [1.82, 2.24) is 20.0 Å². The molecular weight excluding hydrogens is 412 g/mol. The zero-order valence-corrected chi connectivity index (χ0v) is 18.7. The first-order valence-electron chi connectivity index (χ1n) is 10.5. The van der Waals surface area contributed by atoms with Crippen molar-refractivity contribution in [3.8, 4) is 16.9 Å². The van der Waals surface area contributed by atoms with Gasteiger partial charge < -0.3 is 10.1 Å². The van der Waals surface area contributed by atoms with Crippen LogP contribution in [0.15, 0.2) is 48.5 Å². The van der Waals surface area contributed by atoms with Crippen molar-refractivity contribution < 1.29 is 9.53 Å². The monoisotopic (exact) mass is 438 g/mol. The van der Waals surface area contributed by atoms with Crippen molar-refractivity contribution in [2.45, 2.75) is 13.8 Å². The first-order chi connectivity index (χ1) is 15.0. The molecule has 0 atom stereocenters. The molecule has 0 unspecified atom stereocenters. The smallest absolute Gasteiger partial charge is 0.270 e. The molecule has 0 saturated carbocycles. The zero-order chi connectivity index (χ0) is 21.8. The van der Waals surface area contributed by atoms with Crippen molar-refractivity contribution in [3.05, 3.63) is 70.4 Å². The summed E-state index contributed by atoms with van der Waals surface area (Å²) in [6.07, 6.45) is 0. The topological polar surface area (TPSA) is 59.4 Å². The fourth-order valence-corrected chi connectivity index (χ4v) is 3.95. The summed E-state index contributed by atoms with van der Waals surface area (Å²) in [7, 11) is 0. The van der Waals surface area contributed by atoms with Crippen LogP contribution in [0.5, 0.6) is 0 Å². The summed E-state index contributed by atoms with van der Waals surface area (Å²) in [5.74, 6) is -0.153. The molecule has 162 valence electrons. The Bertz CT molecular complexity index is 1070. The second-order valence-corrected chi connectivity index (χ2v) is 8.21. The molecule has 2 heterocycles. The van der Waals surface area contributed by atoms with Gasteiger partial charge in [-0.15, -0.1) is 0 Å². The van der Waals surface area contributed by atoms with E-state index in [4.69, 9.17) is 21.4 Å². The van der Waals surface area contributed by atoms with Gasteiger partial charge in [0.2, 0.25) is 0 Å². The number of morpholine rings is 1. The predicted octanol–water partition coefficient (Wildman–Crippen LogP) is 3.87. The Kier molecular flexibility index (Phi) is 6.70. The van der Waals surface area contributed by atoms with Crippen LogP contribution in [0.2, 0.25) is 5.02 Å². The number of hydrogen-bond acceptors (Lipinski definition) is 4. The van der Waals surface area contributed by atoms with E-state index in [1.54, 1.807) is 4.68 Å². The molecule has 1 saturated heterocycles. The van der Waals surface area contributed by atoms with Gasteiger partial charge in [-0.1, -0.05) is 41.9 Å². The number of aromatic nitrogens is 2. The fraction of sp³-hybridized carbons (Fsp3) is 0.333. The average molecular weight is 439 g/mol. The van der Waals surface area contributed by atoms with Gasteiger partial charge in [-0.25, -0.2) is 4.68 Å². The molecule has 6 nitrogen and oxygen atoms in total. The van der Waals surface area contributed by atoms with Crippen molar-refractivity contribution in [3.63, 3.8) is 0 Å². The zero-order valence-electron chi connectivity index (χ0n) is 17.9. The van der Waals surface area contributed by atoms with E-state index >= 15 is 0 Å². The number of aryl methyl sites for hydroxylation is 2. The van der Waals surface area contributed by atoms with Gasteiger partial charge in [0, 0.05) is 31.7 Å². The summed E-state index contributed by atoms with van der Waals surface area (Å²) in [6, 6.07) is 15.5. The molecule has 0 spiro atoms. The van der Waals surface area contributed by atoms with Gasteiger partial charge in [0.25, 0.3) is 5.91 Å². The average Bonchev–Trinajstić information content (AvgIpc) is 3.21. The Labute approximate surface area is 187 Å². The minimum atomic E-state index is -0.153. The molecular formula is C24H27ClN4O2. The highest BCUT2D eigenvalue weighted by Crippen LogP contribution is 2.29. The maximum atomic E-state index is 13.2. The van der Waals surface area contributed by atoms with E-state index in [9.17, 15) is 4.79 Å². The van der Waals surface area contributed by atoms with Crippen LogP contribution in [-0.2, 0) is 4.74 Å². The van der Waals surface area contributed by atoms with Crippen LogP contribution in [0.1, 0.15) is 21.6 Å². The van der Waals surface area contributed by atoms with E-state index in [1.165, 1.54) is 0 Å². The summed E-state index contributed by atoms with van der Waals surface area (Å²) in [4.78, 5) is 15.5. The lowest BCUT2D eigenvalue weighted by Crippen LogP contribution is -2.41. The van der Waals surface area contributed by atoms with Crippen LogP contribution in [0, 0.1) is 13.8 Å². The molecule has 0 bridgehead atoms. The summed E-state index contributed by atoms with van der Waals surface area (Å²) in [5, 5.41) is 8.44. The van der Waals surface area contributed by atoms with Gasteiger partial charge in [-0.3, -0.25) is 9.69 Å². The number of benzene rings is 2. The molecule has 7 heteroatoms. The Morgan fingerprint density at radius 1 is 1.13 bits per heavy atom. The number of rotatable bonds is 6. The lowest BCUT2D eigenvalue weighted by Gasteiger charge is -2.26. The van der Waals surface area contributed by atoms with Gasteiger partial charge in [-0.2, -0.15) is 5.10 Å². The van der Waals surface area contributed by atoms with Gasteiger partial charge >= 0.3 is 0 Å². The molecule has 0 radical (unpaired) electrons. The number of halogens is 1. The van der Waals surface area contributed by atoms with Crippen molar-refractivity contribution in [2.24, 2.45) is 0 Å². The molecule has 2 aromatic carbocycles. The standard InChI is InChI=1S/C24H27ClN4O2/c1-17-7-8-18(2)22(15-17)29-23(16-21(27-29)19-5-3-4-6-20(19)25)24(30)26-9-10-28-11-13-31-14-12-28/h3-8,15-16H,9-14H2,1-2H3,(H,26,30). The third-order valence-electron chi connectivity index (χ3n) is 5.50. The maximum Gasteiger partial charge on any atom is 0.270 e. The quantitative estimate of drug-likeness (QED) is 0.634. The van der Waals surface area contributed by atoms with Crippen LogP contribution in [0.4, 0.5) is 0 Å². The maximum absolute atomic E-state index is 13.2. The summed E-state index contributed by atoms with van der Waals surface area (Å²) >= 11 is 6.41. The Balaban J connectivity index is 1.63. The van der Waals surface area contributed by atoms with E-state index in [-0.39, 0.29) is 5.91 Å². The largest absolute Gasteiger partial charge is 0.379 e. The summed E-state index contributed by atoms with van der Waals surface area (Å²) in [5.41, 5.74) is 5.00. The van der Waals surface area contributed by atoms with Gasteiger partial charge in [0.1, 0.15) is 5.69 Å². The highest BCUT2D eigenvalue weighted by molar-refractivity contribution is 6.33. The van der Waals surface area contributed by atoms with Crippen molar-refractivity contribution >= 4 is 17.5 Å². The summed E-state index contributed by atoms with van der Waals surface area (Å²) < 4.78 is 7.11. The predicted molar refractivity (Wildman–Crippen MR) is 123 cm³/mol. The SMILES string of the molecule is Cc1ccc(C)c(-n2nc(-c3ccccc3Cl)cc2C(=O)NCCN2CCOCC2)c1. The van der Waals surface area contributed by atoms with E-state index in [0.29, 0.717) is 23.0 Å². The number of ether oxygens (including phenoxy) is 1.